The third-order valence-electron chi connectivity index (χ3n) is 1.19. The van der Waals surface area contributed by atoms with Gasteiger partial charge >= 0.3 is 161 Å². The van der Waals surface area contributed by atoms with Gasteiger partial charge in [-0.05, 0) is 0 Å². The van der Waals surface area contributed by atoms with Gasteiger partial charge in [-0.15, -0.1) is 0 Å². The van der Waals surface area contributed by atoms with Crippen LogP contribution in [0.4, 0.5) is 0 Å². The van der Waals surface area contributed by atoms with E-state index >= 15 is 0 Å². The molecule has 0 aliphatic rings. The van der Waals surface area contributed by atoms with Gasteiger partial charge in [0.15, 0.2) is 0 Å². The Kier molecular flexibility index (Phi) is 15.2. The van der Waals surface area contributed by atoms with Crippen LogP contribution in [0, 0.1) is 61.4 Å². The molecular formula is C6H3FeN6Na3O. The van der Waals surface area contributed by atoms with Gasteiger partial charge in [-0.1, -0.05) is 0 Å². The van der Waals surface area contributed by atoms with E-state index in [1.54, 1.807) is 0 Å². The summed E-state index contributed by atoms with van der Waals surface area (Å²) in [5.74, 6) is 0. The first-order valence-electron chi connectivity index (χ1n) is 2.40. The number of nitriles is 6. The maximum atomic E-state index is 8.58. The van der Waals surface area contributed by atoms with Crippen LogP contribution in [0.3, 0.4) is 0 Å². The summed E-state index contributed by atoms with van der Waals surface area (Å²) >= 11 is 0. The van der Waals surface area contributed by atoms with Crippen molar-refractivity contribution in [1.29, 1.82) is 31.6 Å². The summed E-state index contributed by atoms with van der Waals surface area (Å²) in [7, 11) is -6.17. The van der Waals surface area contributed by atoms with Crippen LogP contribution in [0.2, 0.25) is 0 Å². The zero-order chi connectivity index (χ0) is 10.7. The summed E-state index contributed by atoms with van der Waals surface area (Å²) in [6.07, 6.45) is 0. The Morgan fingerprint density at radius 3 is 0.588 bits per heavy atom. The van der Waals surface area contributed by atoms with Crippen LogP contribution in [0.25, 0.3) is 0 Å². The fourth-order valence-corrected chi connectivity index (χ4v) is 1.09. The van der Waals surface area contributed by atoms with Crippen LogP contribution >= 0.6 is 0 Å². The Morgan fingerprint density at radius 1 is 0.471 bits per heavy atom. The smallest absolute Gasteiger partial charge is 0 e. The van der Waals surface area contributed by atoms with Crippen LogP contribution in [0.5, 0.6) is 0 Å². The van der Waals surface area contributed by atoms with E-state index in [0.29, 0.717) is 0 Å². The molecule has 0 bridgehead atoms. The molecule has 0 rings (SSSR count). The summed E-state index contributed by atoms with van der Waals surface area (Å²) < 4.78 is 0. The molecule has 0 saturated carbocycles. The first-order valence-corrected chi connectivity index (χ1v) is 5.71. The van der Waals surface area contributed by atoms with Gasteiger partial charge in [0, 0.05) is 5.48 Å². The van der Waals surface area contributed by atoms with Gasteiger partial charge in [0.1, 0.15) is 0 Å². The molecule has 74 valence electrons. The molecule has 0 amide bonds. The molecule has 0 unspecified atom stereocenters. The molecule has 0 aliphatic carbocycles. The van der Waals surface area contributed by atoms with E-state index in [-0.39, 0.29) is 94.1 Å². The van der Waals surface area contributed by atoms with Crippen molar-refractivity contribution in [3.8, 4) is 29.8 Å². The van der Waals surface area contributed by atoms with Crippen LogP contribution in [-0.2, 0) is 16.2 Å². The Hall–Kier alpha value is 0.419. The molecule has 7 nitrogen and oxygen atoms in total. The van der Waals surface area contributed by atoms with Gasteiger partial charge in [0.25, 0.3) is 0 Å². The van der Waals surface area contributed by atoms with Gasteiger partial charge in [-0.2, -0.15) is 0 Å². The molecule has 0 saturated heterocycles. The molecule has 0 heterocycles. The molecule has 0 aromatic carbocycles. The largest absolute Gasteiger partial charge is 0 e. The van der Waals surface area contributed by atoms with Crippen molar-refractivity contribution in [3.05, 3.63) is 0 Å². The van der Waals surface area contributed by atoms with Crippen LogP contribution in [0.15, 0.2) is 0 Å². The standard InChI is InChI=1S/6CN.Fe.3Na.O.3H/c6*1-2;;;;;;;;. The molecule has 0 aliphatic heterocycles. The van der Waals surface area contributed by atoms with Gasteiger partial charge in [-0.25, -0.2) is 0 Å². The molecule has 0 atom stereocenters. The molecular weight excluding hydrogens is 297 g/mol. The zero-order valence-electron chi connectivity index (χ0n) is 6.45. The summed E-state index contributed by atoms with van der Waals surface area (Å²) in [6.45, 7) is 0. The second kappa shape index (κ2) is 8.51. The van der Waals surface area contributed by atoms with E-state index in [0.717, 1.165) is 29.8 Å². The quantitative estimate of drug-likeness (QED) is 0.469. The molecule has 0 aromatic heterocycles. The molecule has 0 fully saturated rings. The van der Waals surface area contributed by atoms with Gasteiger partial charge in [0.2, 0.25) is 0 Å². The average molecular weight is 300 g/mol. The van der Waals surface area contributed by atoms with Gasteiger partial charge < -0.3 is 0 Å². The van der Waals surface area contributed by atoms with E-state index in [1.165, 1.54) is 0 Å². The van der Waals surface area contributed by atoms with Gasteiger partial charge in [-0.3, -0.25) is 0 Å². The minimum absolute atomic E-state index is 0. The summed E-state index contributed by atoms with van der Waals surface area (Å²) in [6, 6.07) is 0. The Labute approximate surface area is 163 Å². The molecule has 2 radical (unpaired) electrons. The first kappa shape index (κ1) is 30.4. The van der Waals surface area contributed by atoms with E-state index in [9.17, 15) is 0 Å². The maximum Gasteiger partial charge on any atom is 0 e. The Balaban J connectivity index is -0.000000120. The minimum Gasteiger partial charge on any atom is 0 e. The van der Waals surface area contributed by atoms with E-state index in [2.05, 4.69) is 0 Å². The first-order chi connectivity index (χ1) is 5.97. The number of hydrogen-bond acceptors (Lipinski definition) is 6. The predicted octanol–water partition coefficient (Wildman–Crippen LogP) is -1.97. The monoisotopic (exact) mass is 300 g/mol. The van der Waals surface area contributed by atoms with Crippen molar-refractivity contribution in [1.82, 2.24) is 0 Å². The van der Waals surface area contributed by atoms with Crippen LogP contribution in [0.1, 0.15) is 0 Å². The molecule has 0 aromatic rings. The fourth-order valence-electron chi connectivity index (χ4n) is 0.265. The van der Waals surface area contributed by atoms with E-state index in [1.807, 2.05) is 0 Å². The van der Waals surface area contributed by atoms with Crippen LogP contribution in [-0.4, -0.2) is 88.7 Å². The normalized spacial score (nSPS) is 10.2. The third kappa shape index (κ3) is 3.69. The Morgan fingerprint density at radius 2 is 0.588 bits per heavy atom. The van der Waals surface area contributed by atoms with Crippen molar-refractivity contribution < 1.29 is 16.2 Å². The topological polar surface area (TPSA) is 171 Å². The van der Waals surface area contributed by atoms with E-state index in [4.69, 9.17) is 31.6 Å². The van der Waals surface area contributed by atoms with Crippen molar-refractivity contribution in [3.63, 3.8) is 0 Å². The second-order valence-electron chi connectivity index (χ2n) is 1.80. The van der Waals surface area contributed by atoms with Crippen molar-refractivity contribution in [2.24, 2.45) is 0 Å². The Bertz CT molecular complexity index is 404. The average Bonchev–Trinajstić information content (AvgIpc) is 2.26. The van der Waals surface area contributed by atoms with E-state index < -0.39 is 10.7 Å². The van der Waals surface area contributed by atoms with Crippen LogP contribution < -0.4 is 0 Å². The number of nitrogens with zero attached hydrogens (tertiary/aromatic N) is 6. The van der Waals surface area contributed by atoms with Gasteiger partial charge in [0.05, 0.1) is 0 Å². The summed E-state index contributed by atoms with van der Waals surface area (Å²) in [4.78, 5) is 6.19. The predicted molar refractivity (Wildman–Crippen MR) is 55.8 cm³/mol. The molecule has 17 heavy (non-hydrogen) atoms. The van der Waals surface area contributed by atoms with Crippen molar-refractivity contribution in [2.75, 3.05) is 0 Å². The summed E-state index contributed by atoms with van der Waals surface area (Å²) in [5.41, 5.74) is 0. The van der Waals surface area contributed by atoms with Crippen molar-refractivity contribution >= 4 is 88.7 Å². The SMILES string of the molecule is N#[C][Fe]([C]#N)([C]#N)([C]#N)([C]#N)[C]#N.[NaH].[NaH].[NaH].[O]. The molecule has 0 N–H and O–H groups in total. The second-order valence-corrected chi connectivity index (χ2v) is 7.42. The molecule has 0 spiro atoms. The van der Waals surface area contributed by atoms with Crippen molar-refractivity contribution in [2.45, 2.75) is 0 Å². The summed E-state index contributed by atoms with van der Waals surface area (Å²) in [5, 5.41) is 51.5. The zero-order valence-corrected chi connectivity index (χ0v) is 7.55. The maximum absolute atomic E-state index is 8.58. The number of hydrogen-bond donors (Lipinski definition) is 0. The third-order valence-corrected chi connectivity index (χ3v) is 4.89. The fraction of sp³-hybridized carbons (Fsp3) is 0. The number of rotatable bonds is 0. The molecule has 11 heteroatoms. The minimum atomic E-state index is -6.17.